The number of rotatable bonds is 4. The third-order valence-corrected chi connectivity index (χ3v) is 3.70. The van der Waals surface area contributed by atoms with E-state index in [-0.39, 0.29) is 0 Å². The van der Waals surface area contributed by atoms with Crippen LogP contribution in [0.1, 0.15) is 6.92 Å². The van der Waals surface area contributed by atoms with Gasteiger partial charge in [-0.05, 0) is 19.1 Å². The van der Waals surface area contributed by atoms with Crippen LogP contribution < -0.4 is 5.32 Å². The van der Waals surface area contributed by atoms with Crippen LogP contribution in [0.2, 0.25) is 0 Å². The minimum absolute atomic E-state index is 0.465. The van der Waals surface area contributed by atoms with Gasteiger partial charge >= 0.3 is 0 Å². The third kappa shape index (κ3) is 3.05. The van der Waals surface area contributed by atoms with E-state index in [0.717, 1.165) is 49.7 Å². The SMILES string of the molecule is CC(CNc1cnc2ccccc2n1)N1CCOCC1. The fourth-order valence-corrected chi connectivity index (χ4v) is 2.44. The number of para-hydroxylation sites is 2. The predicted molar refractivity (Wildman–Crippen MR) is 79.9 cm³/mol. The lowest BCUT2D eigenvalue weighted by atomic mass is 10.2. The minimum Gasteiger partial charge on any atom is -0.379 e. The number of hydrogen-bond acceptors (Lipinski definition) is 5. The number of nitrogens with one attached hydrogen (secondary N) is 1. The molecule has 1 aliphatic heterocycles. The lowest BCUT2D eigenvalue weighted by Gasteiger charge is -2.32. The number of nitrogens with zero attached hydrogens (tertiary/aromatic N) is 3. The van der Waals surface area contributed by atoms with Crippen LogP contribution in [0.15, 0.2) is 30.5 Å². The average Bonchev–Trinajstić information content (AvgIpc) is 2.53. The molecule has 3 rings (SSSR count). The molecule has 2 heterocycles. The number of hydrogen-bond donors (Lipinski definition) is 1. The lowest BCUT2D eigenvalue weighted by molar-refractivity contribution is 0.0227. The molecular formula is C15H20N4O. The van der Waals surface area contributed by atoms with Crippen LogP contribution in [-0.2, 0) is 4.74 Å². The number of aromatic nitrogens is 2. The van der Waals surface area contributed by atoms with Crippen molar-refractivity contribution in [2.24, 2.45) is 0 Å². The highest BCUT2D eigenvalue weighted by Gasteiger charge is 2.16. The smallest absolute Gasteiger partial charge is 0.145 e. The second-order valence-electron chi connectivity index (χ2n) is 5.12. The van der Waals surface area contributed by atoms with Gasteiger partial charge in [-0.2, -0.15) is 0 Å². The lowest BCUT2D eigenvalue weighted by Crippen LogP contribution is -2.45. The zero-order valence-electron chi connectivity index (χ0n) is 11.7. The summed E-state index contributed by atoms with van der Waals surface area (Å²) < 4.78 is 5.38. The summed E-state index contributed by atoms with van der Waals surface area (Å²) in [7, 11) is 0. The van der Waals surface area contributed by atoms with Gasteiger partial charge in [0, 0.05) is 25.7 Å². The molecule has 0 saturated carbocycles. The first kappa shape index (κ1) is 13.3. The molecule has 0 aliphatic carbocycles. The van der Waals surface area contributed by atoms with E-state index in [1.165, 1.54) is 0 Å². The topological polar surface area (TPSA) is 50.3 Å². The Morgan fingerprint density at radius 1 is 1.25 bits per heavy atom. The van der Waals surface area contributed by atoms with Crippen LogP contribution in [0, 0.1) is 0 Å². The Morgan fingerprint density at radius 3 is 2.80 bits per heavy atom. The fourth-order valence-electron chi connectivity index (χ4n) is 2.44. The summed E-state index contributed by atoms with van der Waals surface area (Å²) in [6.07, 6.45) is 1.80. The van der Waals surface area contributed by atoms with Crippen molar-refractivity contribution >= 4 is 16.9 Å². The van der Waals surface area contributed by atoms with Crippen molar-refractivity contribution in [2.75, 3.05) is 38.2 Å². The van der Waals surface area contributed by atoms with Gasteiger partial charge in [0.05, 0.1) is 30.4 Å². The van der Waals surface area contributed by atoms with Gasteiger partial charge in [-0.1, -0.05) is 12.1 Å². The maximum atomic E-state index is 5.38. The van der Waals surface area contributed by atoms with Gasteiger partial charge in [0.1, 0.15) is 5.82 Å². The second-order valence-corrected chi connectivity index (χ2v) is 5.12. The molecule has 106 valence electrons. The molecular weight excluding hydrogens is 252 g/mol. The van der Waals surface area contributed by atoms with Crippen LogP contribution in [0.4, 0.5) is 5.82 Å². The van der Waals surface area contributed by atoms with Crippen molar-refractivity contribution in [1.29, 1.82) is 0 Å². The predicted octanol–water partition coefficient (Wildman–Crippen LogP) is 1.76. The van der Waals surface area contributed by atoms with Crippen molar-refractivity contribution < 1.29 is 4.74 Å². The molecule has 1 N–H and O–H groups in total. The Morgan fingerprint density at radius 2 is 2.00 bits per heavy atom. The Hall–Kier alpha value is -1.72. The molecule has 0 bridgehead atoms. The van der Waals surface area contributed by atoms with Crippen molar-refractivity contribution in [1.82, 2.24) is 14.9 Å². The molecule has 0 amide bonds. The number of fused-ring (bicyclic) bond motifs is 1. The van der Waals surface area contributed by atoms with E-state index in [0.29, 0.717) is 6.04 Å². The first-order chi connectivity index (χ1) is 9.83. The van der Waals surface area contributed by atoms with E-state index in [1.54, 1.807) is 6.20 Å². The molecule has 5 nitrogen and oxygen atoms in total. The van der Waals surface area contributed by atoms with Gasteiger partial charge in [0.25, 0.3) is 0 Å². The quantitative estimate of drug-likeness (QED) is 0.919. The number of morpholine rings is 1. The zero-order chi connectivity index (χ0) is 13.8. The van der Waals surface area contributed by atoms with Crippen molar-refractivity contribution in [3.8, 4) is 0 Å². The normalized spacial score (nSPS) is 18.1. The summed E-state index contributed by atoms with van der Waals surface area (Å²) >= 11 is 0. The number of anilines is 1. The summed E-state index contributed by atoms with van der Waals surface area (Å²) in [5.41, 5.74) is 1.86. The molecule has 1 fully saturated rings. The minimum atomic E-state index is 0.465. The average molecular weight is 272 g/mol. The monoisotopic (exact) mass is 272 g/mol. The molecule has 5 heteroatoms. The van der Waals surface area contributed by atoms with Crippen molar-refractivity contribution in [3.63, 3.8) is 0 Å². The van der Waals surface area contributed by atoms with Gasteiger partial charge in [-0.25, -0.2) is 4.98 Å². The molecule has 1 saturated heterocycles. The first-order valence-corrected chi connectivity index (χ1v) is 7.10. The third-order valence-electron chi connectivity index (χ3n) is 3.70. The Balaban J connectivity index is 1.61. The van der Waals surface area contributed by atoms with Crippen LogP contribution in [0.3, 0.4) is 0 Å². The van der Waals surface area contributed by atoms with E-state index in [9.17, 15) is 0 Å². The van der Waals surface area contributed by atoms with Gasteiger partial charge in [0.2, 0.25) is 0 Å². The highest BCUT2D eigenvalue weighted by atomic mass is 16.5. The highest BCUT2D eigenvalue weighted by Crippen LogP contribution is 2.12. The van der Waals surface area contributed by atoms with E-state index in [2.05, 4.69) is 27.1 Å². The number of ether oxygens (including phenoxy) is 1. The largest absolute Gasteiger partial charge is 0.379 e. The van der Waals surface area contributed by atoms with Crippen LogP contribution in [0.5, 0.6) is 0 Å². The zero-order valence-corrected chi connectivity index (χ0v) is 11.7. The van der Waals surface area contributed by atoms with Gasteiger partial charge in [0.15, 0.2) is 0 Å². The van der Waals surface area contributed by atoms with Gasteiger partial charge < -0.3 is 10.1 Å². The summed E-state index contributed by atoms with van der Waals surface area (Å²) in [6.45, 7) is 6.78. The molecule has 1 aliphatic rings. The highest BCUT2D eigenvalue weighted by molar-refractivity contribution is 5.75. The molecule has 0 radical (unpaired) electrons. The van der Waals surface area contributed by atoms with E-state index in [1.807, 2.05) is 24.3 Å². The Labute approximate surface area is 119 Å². The van der Waals surface area contributed by atoms with E-state index < -0.39 is 0 Å². The van der Waals surface area contributed by atoms with Crippen molar-refractivity contribution in [2.45, 2.75) is 13.0 Å². The van der Waals surface area contributed by atoms with Crippen molar-refractivity contribution in [3.05, 3.63) is 30.5 Å². The van der Waals surface area contributed by atoms with E-state index >= 15 is 0 Å². The Bertz CT molecular complexity index is 569. The Kier molecular flexibility index (Phi) is 4.08. The summed E-state index contributed by atoms with van der Waals surface area (Å²) in [4.78, 5) is 11.4. The van der Waals surface area contributed by atoms with Gasteiger partial charge in [-0.3, -0.25) is 9.88 Å². The van der Waals surface area contributed by atoms with Crippen LogP contribution in [0.25, 0.3) is 11.0 Å². The second kappa shape index (κ2) is 6.15. The molecule has 1 atom stereocenters. The standard InChI is InChI=1S/C15H20N4O/c1-12(19-6-8-20-9-7-19)10-17-15-11-16-13-4-2-3-5-14(13)18-15/h2-5,11-12H,6-10H2,1H3,(H,17,18). The summed E-state index contributed by atoms with van der Waals surface area (Å²) in [5.74, 6) is 0.837. The summed E-state index contributed by atoms with van der Waals surface area (Å²) in [5, 5.41) is 3.38. The maximum Gasteiger partial charge on any atom is 0.145 e. The first-order valence-electron chi connectivity index (χ1n) is 7.10. The molecule has 20 heavy (non-hydrogen) atoms. The molecule has 1 unspecified atom stereocenters. The molecule has 1 aromatic carbocycles. The number of benzene rings is 1. The molecule has 2 aromatic rings. The van der Waals surface area contributed by atoms with E-state index in [4.69, 9.17) is 4.74 Å². The van der Waals surface area contributed by atoms with Crippen LogP contribution >= 0.6 is 0 Å². The van der Waals surface area contributed by atoms with Crippen LogP contribution in [-0.4, -0.2) is 53.8 Å². The summed E-state index contributed by atoms with van der Waals surface area (Å²) in [6, 6.07) is 8.38. The fraction of sp³-hybridized carbons (Fsp3) is 0.467. The molecule has 0 spiro atoms. The van der Waals surface area contributed by atoms with Gasteiger partial charge in [-0.15, -0.1) is 0 Å². The molecule has 1 aromatic heterocycles. The maximum absolute atomic E-state index is 5.38.